The highest BCUT2D eigenvalue weighted by Crippen LogP contribution is 2.00. The van der Waals surface area contributed by atoms with Gasteiger partial charge in [0.25, 0.3) is 0 Å². The van der Waals surface area contributed by atoms with Gasteiger partial charge in [-0.15, -0.1) is 0 Å². The van der Waals surface area contributed by atoms with Crippen LogP contribution < -0.4 is 0 Å². The molecule has 2 heteroatoms. The van der Waals surface area contributed by atoms with Gasteiger partial charge in [0.2, 0.25) is 0 Å². The van der Waals surface area contributed by atoms with Gasteiger partial charge in [-0.05, 0) is 12.8 Å². The maximum atomic E-state index is 10.3. The van der Waals surface area contributed by atoms with Gasteiger partial charge in [0, 0.05) is 0 Å². The van der Waals surface area contributed by atoms with Crippen LogP contribution in [0.1, 0.15) is 20.8 Å². The van der Waals surface area contributed by atoms with Crippen LogP contribution in [0.5, 0.6) is 0 Å². The smallest absolute Gasteiger partial charge is 0.158 e. The lowest BCUT2D eigenvalue weighted by Crippen LogP contribution is -2.22. The zero-order valence-corrected chi connectivity index (χ0v) is 5.51. The van der Waals surface area contributed by atoms with Gasteiger partial charge < -0.3 is 5.11 Å². The molecule has 0 aromatic carbocycles. The van der Waals surface area contributed by atoms with Crippen molar-refractivity contribution in [1.29, 1.82) is 0 Å². The molecule has 0 saturated heterocycles. The van der Waals surface area contributed by atoms with E-state index in [0.717, 1.165) is 0 Å². The quantitative estimate of drug-likeness (QED) is 0.573. The summed E-state index contributed by atoms with van der Waals surface area (Å²) in [6, 6.07) is 0. The molecule has 1 N–H and O–H groups in total. The van der Waals surface area contributed by atoms with Gasteiger partial charge >= 0.3 is 0 Å². The van der Waals surface area contributed by atoms with Crippen LogP contribution in [0.2, 0.25) is 0 Å². The van der Waals surface area contributed by atoms with Crippen molar-refractivity contribution in [3.05, 3.63) is 0 Å². The Bertz CT molecular complexity index is 86.5. The molecule has 0 aliphatic heterocycles. The van der Waals surface area contributed by atoms with Gasteiger partial charge in [0.1, 0.15) is 6.10 Å². The monoisotopic (exact) mass is 116 g/mol. The summed E-state index contributed by atoms with van der Waals surface area (Å²) in [6.45, 7) is 5.02. The topological polar surface area (TPSA) is 37.3 Å². The first kappa shape index (κ1) is 7.63. The molecule has 0 rings (SSSR count). The SMILES string of the molecule is CC(=O)[C@H](O)C(C)C. The summed E-state index contributed by atoms with van der Waals surface area (Å²) in [6.07, 6.45) is -0.769. The Morgan fingerprint density at radius 1 is 1.50 bits per heavy atom. The van der Waals surface area contributed by atoms with Crippen molar-refractivity contribution < 1.29 is 9.90 Å². The molecule has 0 aromatic heterocycles. The summed E-state index contributed by atoms with van der Waals surface area (Å²) >= 11 is 0. The van der Waals surface area contributed by atoms with Crippen molar-refractivity contribution >= 4 is 5.78 Å². The molecule has 1 atom stereocenters. The van der Waals surface area contributed by atoms with Gasteiger partial charge in [-0.2, -0.15) is 0 Å². The fraction of sp³-hybridized carbons (Fsp3) is 0.833. The van der Waals surface area contributed by atoms with Gasteiger partial charge in [-0.3, -0.25) is 4.79 Å². The zero-order chi connectivity index (χ0) is 6.73. The fourth-order valence-corrected chi connectivity index (χ4v) is 0.469. The Morgan fingerprint density at radius 3 is 1.88 bits per heavy atom. The molecule has 0 spiro atoms. The molecular formula is C6H12O2. The summed E-state index contributed by atoms with van der Waals surface area (Å²) < 4.78 is 0. The standard InChI is InChI=1S/C6H12O2/c1-4(2)6(8)5(3)7/h4,6,8H,1-3H3/t6-/m1/s1. The van der Waals surface area contributed by atoms with Gasteiger partial charge in [0.15, 0.2) is 5.78 Å². The predicted octanol–water partition coefficient (Wildman–Crippen LogP) is 0.592. The van der Waals surface area contributed by atoms with Crippen LogP contribution in [0.4, 0.5) is 0 Å². The van der Waals surface area contributed by atoms with E-state index in [1.807, 2.05) is 13.8 Å². The summed E-state index contributed by atoms with van der Waals surface area (Å²) in [7, 11) is 0. The van der Waals surface area contributed by atoms with Crippen LogP contribution in [0.15, 0.2) is 0 Å². The van der Waals surface area contributed by atoms with Crippen molar-refractivity contribution in [2.45, 2.75) is 26.9 Å². The molecule has 0 saturated carbocycles. The molecule has 48 valence electrons. The van der Waals surface area contributed by atoms with Crippen molar-refractivity contribution in [3.63, 3.8) is 0 Å². The lowest BCUT2D eigenvalue weighted by atomic mass is 10.1. The van der Waals surface area contributed by atoms with Crippen LogP contribution in [0, 0.1) is 5.92 Å². The second-order valence-electron chi connectivity index (χ2n) is 2.30. The first-order chi connectivity index (χ1) is 3.55. The summed E-state index contributed by atoms with van der Waals surface area (Å²) in [5.41, 5.74) is 0. The average Bonchev–Trinajstić information content (AvgIpc) is 1.64. The van der Waals surface area contributed by atoms with E-state index >= 15 is 0 Å². The van der Waals surface area contributed by atoms with Crippen LogP contribution >= 0.6 is 0 Å². The molecule has 0 fully saturated rings. The lowest BCUT2D eigenvalue weighted by Gasteiger charge is -2.08. The third-order valence-corrected chi connectivity index (χ3v) is 1.05. The Kier molecular flexibility index (Phi) is 2.69. The fourth-order valence-electron chi connectivity index (χ4n) is 0.469. The molecule has 0 amide bonds. The first-order valence-corrected chi connectivity index (χ1v) is 2.74. The number of aliphatic hydroxyl groups excluding tert-OH is 1. The summed E-state index contributed by atoms with van der Waals surface area (Å²) in [5, 5.41) is 8.85. The molecular weight excluding hydrogens is 104 g/mol. The Hall–Kier alpha value is -0.370. The van der Waals surface area contributed by atoms with Crippen molar-refractivity contribution in [2.75, 3.05) is 0 Å². The molecule has 0 aliphatic carbocycles. The minimum absolute atomic E-state index is 0.0486. The number of ketones is 1. The molecule has 0 heterocycles. The molecule has 0 bridgehead atoms. The van der Waals surface area contributed by atoms with E-state index < -0.39 is 6.10 Å². The maximum absolute atomic E-state index is 10.3. The van der Waals surface area contributed by atoms with Crippen molar-refractivity contribution in [1.82, 2.24) is 0 Å². The molecule has 0 unspecified atom stereocenters. The number of carbonyl (C=O) groups is 1. The molecule has 0 aliphatic rings. The minimum Gasteiger partial charge on any atom is -0.385 e. The molecule has 0 aromatic rings. The first-order valence-electron chi connectivity index (χ1n) is 2.74. The van der Waals surface area contributed by atoms with Crippen molar-refractivity contribution in [3.8, 4) is 0 Å². The highest BCUT2D eigenvalue weighted by molar-refractivity contribution is 5.80. The van der Waals surface area contributed by atoms with Gasteiger partial charge in [0.05, 0.1) is 0 Å². The second-order valence-corrected chi connectivity index (χ2v) is 2.30. The summed E-state index contributed by atoms with van der Waals surface area (Å²) in [4.78, 5) is 10.3. The number of hydrogen-bond acceptors (Lipinski definition) is 2. The lowest BCUT2D eigenvalue weighted by molar-refractivity contribution is -0.126. The molecule has 8 heavy (non-hydrogen) atoms. The maximum Gasteiger partial charge on any atom is 0.158 e. The Morgan fingerprint density at radius 2 is 1.88 bits per heavy atom. The zero-order valence-electron chi connectivity index (χ0n) is 5.51. The number of aliphatic hydroxyl groups is 1. The second kappa shape index (κ2) is 2.82. The highest BCUT2D eigenvalue weighted by atomic mass is 16.3. The van der Waals surface area contributed by atoms with Crippen LogP contribution in [-0.4, -0.2) is 17.0 Å². The van der Waals surface area contributed by atoms with Crippen LogP contribution in [0.3, 0.4) is 0 Å². The Balaban J connectivity index is 3.64. The highest BCUT2D eigenvalue weighted by Gasteiger charge is 2.12. The normalized spacial score (nSPS) is 14.1. The van der Waals surface area contributed by atoms with E-state index in [2.05, 4.69) is 0 Å². The van der Waals surface area contributed by atoms with Gasteiger partial charge in [-0.25, -0.2) is 0 Å². The predicted molar refractivity (Wildman–Crippen MR) is 31.5 cm³/mol. The van der Waals surface area contributed by atoms with E-state index in [1.165, 1.54) is 6.92 Å². The van der Waals surface area contributed by atoms with E-state index in [4.69, 9.17) is 5.11 Å². The number of carbonyl (C=O) groups excluding carboxylic acids is 1. The third-order valence-electron chi connectivity index (χ3n) is 1.05. The third kappa shape index (κ3) is 2.07. The van der Waals surface area contributed by atoms with E-state index in [1.54, 1.807) is 0 Å². The molecule has 2 nitrogen and oxygen atoms in total. The minimum atomic E-state index is -0.769. The largest absolute Gasteiger partial charge is 0.385 e. The summed E-state index contributed by atoms with van der Waals surface area (Å²) in [5.74, 6) is -0.104. The van der Waals surface area contributed by atoms with Crippen molar-refractivity contribution in [2.24, 2.45) is 5.92 Å². The Labute approximate surface area is 49.5 Å². The van der Waals surface area contributed by atoms with Crippen LogP contribution in [-0.2, 0) is 4.79 Å². The average molecular weight is 116 g/mol. The van der Waals surface area contributed by atoms with E-state index in [-0.39, 0.29) is 11.7 Å². The van der Waals surface area contributed by atoms with Crippen LogP contribution in [0.25, 0.3) is 0 Å². The van der Waals surface area contributed by atoms with E-state index in [9.17, 15) is 4.79 Å². The number of rotatable bonds is 2. The van der Waals surface area contributed by atoms with E-state index in [0.29, 0.717) is 0 Å². The number of hydrogen-bond donors (Lipinski definition) is 1. The molecule has 0 radical (unpaired) electrons. The van der Waals surface area contributed by atoms with Gasteiger partial charge in [-0.1, -0.05) is 13.8 Å². The number of Topliss-reactive ketones (excluding diaryl/α,β-unsaturated/α-hetero) is 1.